The van der Waals surface area contributed by atoms with Crippen LogP contribution in [0.3, 0.4) is 0 Å². The van der Waals surface area contributed by atoms with Gasteiger partial charge in [0.25, 0.3) is 0 Å². The van der Waals surface area contributed by atoms with Crippen LogP contribution >= 0.6 is 22.9 Å². The summed E-state index contributed by atoms with van der Waals surface area (Å²) in [6, 6.07) is 18.1. The zero-order valence-electron chi connectivity index (χ0n) is 14.4. The molecule has 0 bridgehead atoms. The van der Waals surface area contributed by atoms with E-state index in [-0.39, 0.29) is 6.61 Å². The van der Waals surface area contributed by atoms with Gasteiger partial charge in [-0.15, -0.1) is 11.3 Å². The molecule has 4 aromatic rings. The molecule has 0 unspecified atom stereocenters. The molecule has 0 aliphatic rings. The Morgan fingerprint density at radius 1 is 1.04 bits per heavy atom. The van der Waals surface area contributed by atoms with Crippen LogP contribution in [0.5, 0.6) is 11.5 Å². The van der Waals surface area contributed by atoms with Crippen molar-refractivity contribution in [3.63, 3.8) is 0 Å². The first-order chi connectivity index (χ1) is 13.2. The molecule has 1 aromatic heterocycles. The molecule has 0 spiro atoms. The lowest BCUT2D eigenvalue weighted by Gasteiger charge is -2.13. The molecule has 6 heteroatoms. The highest BCUT2D eigenvalue weighted by Crippen LogP contribution is 2.36. The molecule has 0 N–H and O–H groups in total. The Balaban J connectivity index is 1.61. The normalized spacial score (nSPS) is 10.9. The second-order valence-electron chi connectivity index (χ2n) is 5.84. The van der Waals surface area contributed by atoms with Gasteiger partial charge < -0.3 is 9.47 Å². The van der Waals surface area contributed by atoms with Crippen molar-refractivity contribution < 1.29 is 13.9 Å². The van der Waals surface area contributed by atoms with E-state index in [0.29, 0.717) is 22.1 Å². The van der Waals surface area contributed by atoms with Gasteiger partial charge in [0.05, 0.1) is 22.3 Å². The van der Waals surface area contributed by atoms with Crippen LogP contribution in [0, 0.1) is 5.82 Å². The number of benzene rings is 3. The number of para-hydroxylation sites is 1. The average Bonchev–Trinajstić information content (AvgIpc) is 3.12. The lowest BCUT2D eigenvalue weighted by Crippen LogP contribution is -2.01. The van der Waals surface area contributed by atoms with Gasteiger partial charge in [-0.25, -0.2) is 9.37 Å². The number of aromatic nitrogens is 1. The Morgan fingerprint density at radius 2 is 1.89 bits per heavy atom. The molecular weight excluding hydrogens is 385 g/mol. The predicted octanol–water partition coefficient (Wildman–Crippen LogP) is 6.34. The van der Waals surface area contributed by atoms with Gasteiger partial charge in [-0.3, -0.25) is 0 Å². The average molecular weight is 400 g/mol. The van der Waals surface area contributed by atoms with E-state index in [9.17, 15) is 4.39 Å². The first-order valence-electron chi connectivity index (χ1n) is 8.25. The molecule has 1 heterocycles. The molecule has 3 nitrogen and oxygen atoms in total. The van der Waals surface area contributed by atoms with Gasteiger partial charge in [-0.1, -0.05) is 29.8 Å². The number of methoxy groups -OCH3 is 1. The maximum absolute atomic E-state index is 13.9. The maximum atomic E-state index is 13.9. The summed E-state index contributed by atoms with van der Waals surface area (Å²) >= 11 is 7.67. The Kier molecular flexibility index (Phi) is 4.97. The van der Waals surface area contributed by atoms with Crippen LogP contribution in [0.25, 0.3) is 20.8 Å². The van der Waals surface area contributed by atoms with Crippen LogP contribution in [0.15, 0.2) is 60.7 Å². The topological polar surface area (TPSA) is 31.4 Å². The lowest BCUT2D eigenvalue weighted by atomic mass is 10.2. The van der Waals surface area contributed by atoms with Crippen molar-refractivity contribution in [3.8, 4) is 22.1 Å². The SMILES string of the molecule is COc1cc(-c2nc3ccccc3s2)ccc1OCc1c(F)cccc1Cl. The molecule has 0 aliphatic heterocycles. The Bertz CT molecular complexity index is 1060. The third-order valence-corrected chi connectivity index (χ3v) is 5.58. The molecule has 0 radical (unpaired) electrons. The number of ether oxygens (including phenoxy) is 2. The minimum absolute atomic E-state index is 0.0162. The Hall–Kier alpha value is -2.63. The number of halogens is 2. The zero-order chi connectivity index (χ0) is 18.8. The minimum Gasteiger partial charge on any atom is -0.493 e. The molecule has 3 aromatic carbocycles. The van der Waals surface area contributed by atoms with E-state index < -0.39 is 5.82 Å². The predicted molar refractivity (Wildman–Crippen MR) is 107 cm³/mol. The Morgan fingerprint density at radius 3 is 2.67 bits per heavy atom. The van der Waals surface area contributed by atoms with Crippen molar-refractivity contribution in [1.82, 2.24) is 4.98 Å². The summed E-state index contributed by atoms with van der Waals surface area (Å²) in [5.41, 5.74) is 2.21. The largest absolute Gasteiger partial charge is 0.493 e. The third kappa shape index (κ3) is 3.61. The standard InChI is InChI=1S/C21H15ClFNO2S/c1-25-19-11-13(21-24-17-7-2-3-8-20(17)27-21)9-10-18(19)26-12-14-15(22)5-4-6-16(14)23/h2-11H,12H2,1H3. The summed E-state index contributed by atoms with van der Waals surface area (Å²) in [5, 5.41) is 1.23. The summed E-state index contributed by atoms with van der Waals surface area (Å²) < 4.78 is 26.3. The van der Waals surface area contributed by atoms with Crippen molar-refractivity contribution >= 4 is 33.2 Å². The van der Waals surface area contributed by atoms with Crippen LogP contribution in [0.2, 0.25) is 5.02 Å². The molecule has 0 fully saturated rings. The quantitative estimate of drug-likeness (QED) is 0.392. The van der Waals surface area contributed by atoms with E-state index in [1.54, 1.807) is 36.6 Å². The van der Waals surface area contributed by atoms with E-state index in [1.165, 1.54) is 6.07 Å². The van der Waals surface area contributed by atoms with Gasteiger partial charge >= 0.3 is 0 Å². The summed E-state index contributed by atoms with van der Waals surface area (Å²) in [7, 11) is 1.57. The summed E-state index contributed by atoms with van der Waals surface area (Å²) in [4.78, 5) is 4.66. The molecule has 136 valence electrons. The molecule has 4 rings (SSSR count). The van der Waals surface area contributed by atoms with Gasteiger partial charge in [-0.2, -0.15) is 0 Å². The molecule has 0 amide bonds. The van der Waals surface area contributed by atoms with Crippen molar-refractivity contribution in [2.24, 2.45) is 0 Å². The first kappa shape index (κ1) is 17.8. The van der Waals surface area contributed by atoms with Crippen LogP contribution < -0.4 is 9.47 Å². The van der Waals surface area contributed by atoms with Crippen molar-refractivity contribution in [3.05, 3.63) is 77.1 Å². The van der Waals surface area contributed by atoms with Gasteiger partial charge in [0.1, 0.15) is 17.4 Å². The molecule has 27 heavy (non-hydrogen) atoms. The van der Waals surface area contributed by atoms with Crippen LogP contribution in [0.1, 0.15) is 5.56 Å². The van der Waals surface area contributed by atoms with Gasteiger partial charge in [0, 0.05) is 11.1 Å². The highest BCUT2D eigenvalue weighted by molar-refractivity contribution is 7.21. The third-order valence-electron chi connectivity index (χ3n) is 4.14. The number of hydrogen-bond acceptors (Lipinski definition) is 4. The van der Waals surface area contributed by atoms with Crippen LogP contribution in [-0.2, 0) is 6.61 Å². The zero-order valence-corrected chi connectivity index (χ0v) is 16.0. The number of fused-ring (bicyclic) bond motifs is 1. The molecule has 0 aliphatic carbocycles. The second-order valence-corrected chi connectivity index (χ2v) is 7.28. The van der Waals surface area contributed by atoms with Gasteiger partial charge in [0.15, 0.2) is 11.5 Å². The second kappa shape index (κ2) is 7.55. The van der Waals surface area contributed by atoms with E-state index in [4.69, 9.17) is 21.1 Å². The van der Waals surface area contributed by atoms with Crippen molar-refractivity contribution in [2.45, 2.75) is 6.61 Å². The minimum atomic E-state index is -0.396. The van der Waals surface area contributed by atoms with Crippen LogP contribution in [0.4, 0.5) is 4.39 Å². The number of nitrogens with zero attached hydrogens (tertiary/aromatic N) is 1. The van der Waals surface area contributed by atoms with E-state index >= 15 is 0 Å². The smallest absolute Gasteiger partial charge is 0.161 e. The van der Waals surface area contributed by atoms with Gasteiger partial charge in [-0.05, 0) is 42.5 Å². The molecule has 0 atom stereocenters. The first-order valence-corrected chi connectivity index (χ1v) is 9.45. The summed E-state index contributed by atoms with van der Waals surface area (Å²) in [5.74, 6) is 0.675. The highest BCUT2D eigenvalue weighted by Gasteiger charge is 2.13. The highest BCUT2D eigenvalue weighted by atomic mass is 35.5. The molecule has 0 saturated carbocycles. The lowest BCUT2D eigenvalue weighted by molar-refractivity contribution is 0.280. The van der Waals surface area contributed by atoms with E-state index in [1.807, 2.05) is 36.4 Å². The molecule has 0 saturated heterocycles. The van der Waals surface area contributed by atoms with Gasteiger partial charge in [0.2, 0.25) is 0 Å². The Labute approximate surface area is 165 Å². The fraction of sp³-hybridized carbons (Fsp3) is 0.0952. The monoisotopic (exact) mass is 399 g/mol. The van der Waals surface area contributed by atoms with E-state index in [0.717, 1.165) is 20.8 Å². The number of hydrogen-bond donors (Lipinski definition) is 0. The maximum Gasteiger partial charge on any atom is 0.161 e. The summed E-state index contributed by atoms with van der Waals surface area (Å²) in [6.45, 7) is 0.0162. The molecular formula is C21H15ClFNO2S. The fourth-order valence-corrected chi connectivity index (χ4v) is 3.92. The van der Waals surface area contributed by atoms with Crippen LogP contribution in [-0.4, -0.2) is 12.1 Å². The van der Waals surface area contributed by atoms with E-state index in [2.05, 4.69) is 4.98 Å². The van der Waals surface area contributed by atoms with Crippen molar-refractivity contribution in [1.29, 1.82) is 0 Å². The van der Waals surface area contributed by atoms with Crippen molar-refractivity contribution in [2.75, 3.05) is 7.11 Å². The fourth-order valence-electron chi connectivity index (χ4n) is 2.74. The number of thiazole rings is 1. The summed E-state index contributed by atoms with van der Waals surface area (Å²) in [6.07, 6.45) is 0. The number of rotatable bonds is 5.